The van der Waals surface area contributed by atoms with Crippen molar-refractivity contribution in [3.05, 3.63) is 47.5 Å². The minimum atomic E-state index is -0.00784. The average molecular weight is 224 g/mol. The van der Waals surface area contributed by atoms with Crippen LogP contribution < -0.4 is 0 Å². The Morgan fingerprint density at radius 3 is 2.53 bits per heavy atom. The first-order chi connectivity index (χ1) is 7.26. The Labute approximate surface area is 96.4 Å². The van der Waals surface area contributed by atoms with Crippen LogP contribution in [0.25, 0.3) is 0 Å². The molecule has 1 aromatic rings. The van der Waals surface area contributed by atoms with E-state index in [2.05, 4.69) is 6.58 Å². The Bertz CT molecular complexity index is 292. The summed E-state index contributed by atoms with van der Waals surface area (Å²) in [5, 5.41) is 11.4. The van der Waals surface area contributed by atoms with Gasteiger partial charge in [-0.2, -0.15) is 0 Å². The van der Waals surface area contributed by atoms with Crippen molar-refractivity contribution in [1.29, 1.82) is 0 Å². The molecule has 2 heteroatoms. The summed E-state index contributed by atoms with van der Waals surface area (Å²) < 4.78 is 0. The summed E-state index contributed by atoms with van der Waals surface area (Å²) in [4.78, 5) is 0. The van der Waals surface area contributed by atoms with Gasteiger partial charge in [-0.1, -0.05) is 29.8 Å². The molecule has 0 spiro atoms. The molecule has 1 radical (unpaired) electrons. The summed E-state index contributed by atoms with van der Waals surface area (Å²) in [7, 11) is 0. The maximum Gasteiger partial charge on any atom is 0.0825 e. The Morgan fingerprint density at radius 2 is 2.00 bits per heavy atom. The maximum atomic E-state index is 10.6. The zero-order valence-electron chi connectivity index (χ0n) is 8.79. The summed E-state index contributed by atoms with van der Waals surface area (Å²) >= 11 is 5.80. The number of allylic oxidation sites excluding steroid dienone is 1. The van der Waals surface area contributed by atoms with Gasteiger partial charge in [-0.15, -0.1) is 6.58 Å². The number of halogens is 1. The van der Waals surface area contributed by atoms with Crippen molar-refractivity contribution in [2.75, 3.05) is 6.61 Å². The van der Waals surface area contributed by atoms with Crippen LogP contribution in [0.2, 0.25) is 5.02 Å². The fourth-order valence-corrected chi connectivity index (χ4v) is 1.79. The molecule has 0 amide bonds. The molecule has 0 saturated heterocycles. The van der Waals surface area contributed by atoms with E-state index in [1.807, 2.05) is 30.3 Å². The Morgan fingerprint density at radius 1 is 1.33 bits per heavy atom. The minimum absolute atomic E-state index is 0.00784. The first-order valence-corrected chi connectivity index (χ1v) is 5.57. The van der Waals surface area contributed by atoms with Crippen LogP contribution in [0.3, 0.4) is 0 Å². The normalized spacial score (nSPS) is 12.4. The van der Waals surface area contributed by atoms with Crippen molar-refractivity contribution in [2.24, 2.45) is 5.92 Å². The minimum Gasteiger partial charge on any atom is -0.237 e. The lowest BCUT2D eigenvalue weighted by Gasteiger charge is -2.13. The van der Waals surface area contributed by atoms with Crippen molar-refractivity contribution in [2.45, 2.75) is 19.3 Å². The molecule has 0 aliphatic heterocycles. The molecule has 0 saturated carbocycles. The van der Waals surface area contributed by atoms with Crippen molar-refractivity contribution in [3.63, 3.8) is 0 Å². The van der Waals surface area contributed by atoms with Crippen LogP contribution in [0.15, 0.2) is 36.9 Å². The summed E-state index contributed by atoms with van der Waals surface area (Å²) in [6.07, 6.45) is 4.45. The van der Waals surface area contributed by atoms with Gasteiger partial charge in [0.15, 0.2) is 0 Å². The predicted molar refractivity (Wildman–Crippen MR) is 63.6 cm³/mol. The standard InChI is InChI=1S/C13H16ClO/c1-2-3-11(8-9-15)10-12-4-6-13(14)7-5-12/h2,4-7,11H,1,3,8-10H2. The van der Waals surface area contributed by atoms with Gasteiger partial charge in [0.2, 0.25) is 0 Å². The van der Waals surface area contributed by atoms with Gasteiger partial charge in [-0.25, -0.2) is 5.11 Å². The van der Waals surface area contributed by atoms with Gasteiger partial charge in [0.25, 0.3) is 0 Å². The van der Waals surface area contributed by atoms with Crippen LogP contribution in [0.5, 0.6) is 0 Å². The van der Waals surface area contributed by atoms with Crippen LogP contribution in [-0.4, -0.2) is 6.61 Å². The van der Waals surface area contributed by atoms with Gasteiger partial charge >= 0.3 is 0 Å². The van der Waals surface area contributed by atoms with Crippen LogP contribution in [0, 0.1) is 5.92 Å². The van der Waals surface area contributed by atoms with Crippen molar-refractivity contribution < 1.29 is 5.11 Å². The van der Waals surface area contributed by atoms with E-state index >= 15 is 0 Å². The van der Waals surface area contributed by atoms with Crippen LogP contribution in [0.4, 0.5) is 0 Å². The summed E-state index contributed by atoms with van der Waals surface area (Å²) in [6.45, 7) is 3.71. The molecule has 1 unspecified atom stereocenters. The van der Waals surface area contributed by atoms with E-state index in [0.29, 0.717) is 12.3 Å². The highest BCUT2D eigenvalue weighted by atomic mass is 35.5. The van der Waals surface area contributed by atoms with Crippen LogP contribution in [0.1, 0.15) is 18.4 Å². The molecular weight excluding hydrogens is 208 g/mol. The molecule has 1 rings (SSSR count). The molecule has 1 aromatic carbocycles. The molecule has 1 atom stereocenters. The second kappa shape index (κ2) is 6.65. The van der Waals surface area contributed by atoms with E-state index in [-0.39, 0.29) is 6.61 Å². The third-order valence-corrected chi connectivity index (χ3v) is 2.72. The van der Waals surface area contributed by atoms with Crippen LogP contribution >= 0.6 is 11.6 Å². The first kappa shape index (κ1) is 12.3. The largest absolute Gasteiger partial charge is 0.237 e. The Kier molecular flexibility index (Phi) is 5.44. The van der Waals surface area contributed by atoms with Crippen molar-refractivity contribution in [3.8, 4) is 0 Å². The fraction of sp³-hybridized carbons (Fsp3) is 0.385. The van der Waals surface area contributed by atoms with Gasteiger partial charge in [0.05, 0.1) is 6.61 Å². The number of hydrogen-bond acceptors (Lipinski definition) is 0. The van der Waals surface area contributed by atoms with E-state index in [0.717, 1.165) is 17.9 Å². The van der Waals surface area contributed by atoms with Gasteiger partial charge in [-0.05, 0) is 42.9 Å². The lowest BCUT2D eigenvalue weighted by atomic mass is 9.93. The molecule has 0 heterocycles. The number of hydrogen-bond donors (Lipinski definition) is 0. The molecule has 15 heavy (non-hydrogen) atoms. The summed E-state index contributed by atoms with van der Waals surface area (Å²) in [5.41, 5.74) is 1.24. The topological polar surface area (TPSA) is 19.9 Å². The predicted octanol–water partition coefficient (Wildman–Crippen LogP) is 3.90. The molecular formula is C13H16ClO. The molecule has 0 aliphatic rings. The molecule has 0 fully saturated rings. The zero-order valence-corrected chi connectivity index (χ0v) is 9.54. The fourth-order valence-electron chi connectivity index (χ4n) is 1.66. The smallest absolute Gasteiger partial charge is 0.0825 e. The van der Waals surface area contributed by atoms with E-state index in [9.17, 15) is 5.11 Å². The van der Waals surface area contributed by atoms with Gasteiger partial charge in [0, 0.05) is 5.02 Å². The summed E-state index contributed by atoms with van der Waals surface area (Å²) in [5.74, 6) is 0.418. The van der Waals surface area contributed by atoms with Crippen molar-refractivity contribution in [1.82, 2.24) is 0 Å². The van der Waals surface area contributed by atoms with E-state index in [1.54, 1.807) is 0 Å². The SMILES string of the molecule is C=CCC(CC[O])Cc1ccc(Cl)cc1. The van der Waals surface area contributed by atoms with Gasteiger partial charge in [-0.3, -0.25) is 0 Å². The van der Waals surface area contributed by atoms with Gasteiger partial charge in [0.1, 0.15) is 0 Å². The highest BCUT2D eigenvalue weighted by molar-refractivity contribution is 6.30. The lowest BCUT2D eigenvalue weighted by molar-refractivity contribution is 0.170. The highest BCUT2D eigenvalue weighted by Gasteiger charge is 2.07. The maximum absolute atomic E-state index is 10.6. The average Bonchev–Trinajstić information content (AvgIpc) is 2.22. The second-order valence-electron chi connectivity index (χ2n) is 3.71. The van der Waals surface area contributed by atoms with E-state index < -0.39 is 0 Å². The van der Waals surface area contributed by atoms with E-state index in [4.69, 9.17) is 11.6 Å². The first-order valence-electron chi connectivity index (χ1n) is 5.19. The Balaban J connectivity index is 2.56. The van der Waals surface area contributed by atoms with Crippen LogP contribution in [-0.2, 0) is 11.5 Å². The molecule has 0 aliphatic carbocycles. The lowest BCUT2D eigenvalue weighted by Crippen LogP contribution is -2.05. The number of rotatable bonds is 6. The summed E-state index contributed by atoms with van der Waals surface area (Å²) in [6, 6.07) is 7.81. The quantitative estimate of drug-likeness (QED) is 0.652. The third kappa shape index (κ3) is 4.50. The van der Waals surface area contributed by atoms with E-state index in [1.165, 1.54) is 5.56 Å². The Hall–Kier alpha value is -0.790. The van der Waals surface area contributed by atoms with Crippen molar-refractivity contribution >= 4 is 11.6 Å². The third-order valence-electron chi connectivity index (χ3n) is 2.46. The molecule has 0 N–H and O–H groups in total. The molecule has 81 valence electrons. The zero-order chi connectivity index (χ0) is 11.1. The van der Waals surface area contributed by atoms with Gasteiger partial charge < -0.3 is 0 Å². The highest BCUT2D eigenvalue weighted by Crippen LogP contribution is 2.18. The molecule has 0 aromatic heterocycles. The number of benzene rings is 1. The molecule has 0 bridgehead atoms. The second-order valence-corrected chi connectivity index (χ2v) is 4.15. The molecule has 1 nitrogen and oxygen atoms in total. The monoisotopic (exact) mass is 223 g/mol.